The zero-order chi connectivity index (χ0) is 20.4. The van der Waals surface area contributed by atoms with Gasteiger partial charge in [0.05, 0.1) is 6.20 Å². The van der Waals surface area contributed by atoms with Crippen LogP contribution in [0.2, 0.25) is 0 Å². The van der Waals surface area contributed by atoms with Crippen LogP contribution in [0.15, 0.2) is 54.7 Å². The molecule has 1 aromatic heterocycles. The normalized spacial score (nSPS) is 12.6. The number of benzene rings is 2. The van der Waals surface area contributed by atoms with Gasteiger partial charge in [-0.15, -0.1) is 5.10 Å². The topological polar surface area (TPSA) is 83.4 Å². The Balaban J connectivity index is 1.41. The largest absolute Gasteiger partial charge is 0.347 e. The van der Waals surface area contributed by atoms with Crippen molar-refractivity contribution in [1.82, 2.24) is 19.9 Å². The number of nitrogens with one attached hydrogen (secondary N) is 1. The smallest absolute Gasteiger partial charge is 0.277 e. The summed E-state index contributed by atoms with van der Waals surface area (Å²) in [4.78, 5) is 27.9. The predicted molar refractivity (Wildman–Crippen MR) is 110 cm³/mol. The molecule has 2 aromatic carbocycles. The SMILES string of the molecule is CN(C)C(=O)Cn1cc(C(=O)Nc2ccc(N3CCc4ccccc43)cc2)nn1. The van der Waals surface area contributed by atoms with Crippen molar-refractivity contribution in [3.8, 4) is 0 Å². The van der Waals surface area contributed by atoms with Crippen LogP contribution in [-0.4, -0.2) is 52.3 Å². The molecule has 0 spiro atoms. The van der Waals surface area contributed by atoms with Gasteiger partial charge in [-0.2, -0.15) is 0 Å². The molecule has 0 unspecified atom stereocenters. The van der Waals surface area contributed by atoms with E-state index in [9.17, 15) is 9.59 Å². The fourth-order valence-electron chi connectivity index (χ4n) is 3.29. The van der Waals surface area contributed by atoms with Crippen LogP contribution in [0.4, 0.5) is 17.1 Å². The second-order valence-electron chi connectivity index (χ2n) is 7.12. The molecule has 3 aromatic rings. The van der Waals surface area contributed by atoms with Gasteiger partial charge in [0, 0.05) is 37.7 Å². The van der Waals surface area contributed by atoms with Gasteiger partial charge < -0.3 is 15.1 Å². The molecule has 0 aliphatic carbocycles. The van der Waals surface area contributed by atoms with E-state index in [4.69, 9.17) is 0 Å². The zero-order valence-corrected chi connectivity index (χ0v) is 16.4. The highest BCUT2D eigenvalue weighted by Gasteiger charge is 2.20. The van der Waals surface area contributed by atoms with Crippen LogP contribution in [0.5, 0.6) is 0 Å². The maximum absolute atomic E-state index is 12.4. The van der Waals surface area contributed by atoms with Crippen molar-refractivity contribution in [3.63, 3.8) is 0 Å². The van der Waals surface area contributed by atoms with Crippen molar-refractivity contribution in [2.24, 2.45) is 0 Å². The van der Waals surface area contributed by atoms with E-state index >= 15 is 0 Å². The van der Waals surface area contributed by atoms with E-state index in [2.05, 4.69) is 38.7 Å². The van der Waals surface area contributed by atoms with Gasteiger partial charge in [0.15, 0.2) is 5.69 Å². The average molecular weight is 390 g/mol. The molecular weight excluding hydrogens is 368 g/mol. The third kappa shape index (κ3) is 3.96. The van der Waals surface area contributed by atoms with Crippen LogP contribution in [0, 0.1) is 0 Å². The van der Waals surface area contributed by atoms with Gasteiger partial charge in [-0.1, -0.05) is 23.4 Å². The molecule has 0 saturated carbocycles. The van der Waals surface area contributed by atoms with E-state index in [0.29, 0.717) is 5.69 Å². The number of hydrogen-bond donors (Lipinski definition) is 1. The molecule has 0 bridgehead atoms. The molecule has 0 radical (unpaired) electrons. The summed E-state index contributed by atoms with van der Waals surface area (Å²) in [6.45, 7) is 0.985. The first kappa shape index (κ1) is 18.7. The molecule has 8 heteroatoms. The van der Waals surface area contributed by atoms with Crippen molar-refractivity contribution >= 4 is 28.9 Å². The summed E-state index contributed by atoms with van der Waals surface area (Å²) < 4.78 is 1.35. The van der Waals surface area contributed by atoms with Crippen molar-refractivity contribution in [1.29, 1.82) is 0 Å². The number of rotatable bonds is 5. The van der Waals surface area contributed by atoms with Gasteiger partial charge in [-0.3, -0.25) is 9.59 Å². The molecule has 8 nitrogen and oxygen atoms in total. The highest BCUT2D eigenvalue weighted by molar-refractivity contribution is 6.02. The van der Waals surface area contributed by atoms with Crippen molar-refractivity contribution in [2.75, 3.05) is 30.9 Å². The van der Waals surface area contributed by atoms with Crippen molar-refractivity contribution in [3.05, 3.63) is 66.0 Å². The summed E-state index contributed by atoms with van der Waals surface area (Å²) in [5, 5.41) is 10.5. The molecule has 4 rings (SSSR count). The Kier molecular flexibility index (Phi) is 4.99. The third-order valence-corrected chi connectivity index (χ3v) is 4.89. The summed E-state index contributed by atoms with van der Waals surface area (Å²) in [5.74, 6) is -0.492. The molecule has 2 heterocycles. The van der Waals surface area contributed by atoms with Gasteiger partial charge in [0.2, 0.25) is 5.91 Å². The van der Waals surface area contributed by atoms with Crippen LogP contribution in [0.1, 0.15) is 16.1 Å². The number of hydrogen-bond acceptors (Lipinski definition) is 5. The number of fused-ring (bicyclic) bond motifs is 1. The predicted octanol–water partition coefficient (Wildman–Crippen LogP) is 2.31. The number of carbonyl (C=O) groups excluding carboxylic acids is 2. The quantitative estimate of drug-likeness (QED) is 0.723. The lowest BCUT2D eigenvalue weighted by atomic mass is 10.2. The number of likely N-dealkylation sites (N-methyl/N-ethyl adjacent to an activating group) is 1. The number of carbonyl (C=O) groups is 2. The summed E-state index contributed by atoms with van der Waals surface area (Å²) in [5.41, 5.74) is 4.49. The molecule has 1 aliphatic heterocycles. The highest BCUT2D eigenvalue weighted by Crippen LogP contribution is 2.34. The first-order valence-corrected chi connectivity index (χ1v) is 9.38. The Hall–Kier alpha value is -3.68. The number of anilines is 3. The molecule has 29 heavy (non-hydrogen) atoms. The highest BCUT2D eigenvalue weighted by atomic mass is 16.2. The summed E-state index contributed by atoms with van der Waals surface area (Å²) >= 11 is 0. The maximum atomic E-state index is 12.4. The molecule has 0 atom stereocenters. The van der Waals surface area contributed by atoms with Crippen LogP contribution in [-0.2, 0) is 17.8 Å². The van der Waals surface area contributed by atoms with Gasteiger partial charge in [-0.05, 0) is 42.3 Å². The van der Waals surface area contributed by atoms with Crippen LogP contribution < -0.4 is 10.2 Å². The fourth-order valence-corrected chi connectivity index (χ4v) is 3.29. The first-order chi connectivity index (χ1) is 14.0. The number of para-hydroxylation sites is 1. The molecular formula is C21H22N6O2. The van der Waals surface area contributed by atoms with E-state index in [1.165, 1.54) is 27.0 Å². The zero-order valence-electron chi connectivity index (χ0n) is 16.4. The van der Waals surface area contributed by atoms with E-state index in [0.717, 1.165) is 18.7 Å². The van der Waals surface area contributed by atoms with Gasteiger partial charge >= 0.3 is 0 Å². The molecule has 1 N–H and O–H groups in total. The Morgan fingerprint density at radius 1 is 1.10 bits per heavy atom. The first-order valence-electron chi connectivity index (χ1n) is 9.38. The number of amides is 2. The minimum Gasteiger partial charge on any atom is -0.347 e. The lowest BCUT2D eigenvalue weighted by Gasteiger charge is -2.19. The average Bonchev–Trinajstić information content (AvgIpc) is 3.36. The number of nitrogens with zero attached hydrogens (tertiary/aromatic N) is 5. The second kappa shape index (κ2) is 7.75. The molecule has 2 amide bonds. The minimum absolute atomic E-state index is 0.0410. The standard InChI is InChI=1S/C21H22N6O2/c1-25(2)20(28)14-26-13-18(23-24-26)21(29)22-16-7-9-17(10-8-16)27-12-11-15-5-3-4-6-19(15)27/h3-10,13H,11-12,14H2,1-2H3,(H,22,29). The summed E-state index contributed by atoms with van der Waals surface area (Å²) in [7, 11) is 3.33. The van der Waals surface area contributed by atoms with E-state index in [1.807, 2.05) is 30.3 Å². The van der Waals surface area contributed by atoms with Gasteiger partial charge in [0.1, 0.15) is 6.54 Å². The third-order valence-electron chi connectivity index (χ3n) is 4.89. The Bertz CT molecular complexity index is 1040. The summed E-state index contributed by atoms with van der Waals surface area (Å²) in [6, 6.07) is 16.1. The van der Waals surface area contributed by atoms with Crippen LogP contribution >= 0.6 is 0 Å². The molecule has 1 aliphatic rings. The van der Waals surface area contributed by atoms with E-state index in [1.54, 1.807) is 14.1 Å². The molecule has 148 valence electrons. The number of aromatic nitrogens is 3. The lowest BCUT2D eigenvalue weighted by molar-refractivity contribution is -0.129. The van der Waals surface area contributed by atoms with Gasteiger partial charge in [-0.25, -0.2) is 4.68 Å². The Morgan fingerprint density at radius 2 is 1.86 bits per heavy atom. The van der Waals surface area contributed by atoms with E-state index < -0.39 is 0 Å². The van der Waals surface area contributed by atoms with Crippen molar-refractivity contribution in [2.45, 2.75) is 13.0 Å². The summed E-state index contributed by atoms with van der Waals surface area (Å²) in [6.07, 6.45) is 2.49. The van der Waals surface area contributed by atoms with Crippen LogP contribution in [0.25, 0.3) is 0 Å². The Morgan fingerprint density at radius 3 is 2.62 bits per heavy atom. The van der Waals surface area contributed by atoms with Gasteiger partial charge in [0.25, 0.3) is 5.91 Å². The van der Waals surface area contributed by atoms with Crippen molar-refractivity contribution < 1.29 is 9.59 Å². The fraction of sp³-hybridized carbons (Fsp3) is 0.238. The monoisotopic (exact) mass is 390 g/mol. The maximum Gasteiger partial charge on any atom is 0.277 e. The van der Waals surface area contributed by atoms with Crippen LogP contribution in [0.3, 0.4) is 0 Å². The lowest BCUT2D eigenvalue weighted by Crippen LogP contribution is -2.26. The second-order valence-corrected chi connectivity index (χ2v) is 7.12. The Labute approximate surface area is 168 Å². The molecule has 0 fully saturated rings. The van der Waals surface area contributed by atoms with E-state index in [-0.39, 0.29) is 24.1 Å². The minimum atomic E-state index is -0.368. The molecule has 0 saturated heterocycles.